The van der Waals surface area contributed by atoms with Crippen LogP contribution in [0.15, 0.2) is 54.7 Å². The minimum atomic E-state index is 0.403. The topological polar surface area (TPSA) is 89.3 Å². The van der Waals surface area contributed by atoms with Gasteiger partial charge in [-0.1, -0.05) is 18.2 Å². The van der Waals surface area contributed by atoms with Gasteiger partial charge in [0, 0.05) is 30.1 Å². The van der Waals surface area contributed by atoms with Gasteiger partial charge in [-0.05, 0) is 67.8 Å². The molecule has 2 aromatic carbocycles. The third kappa shape index (κ3) is 5.80. The number of aromatic nitrogens is 1. The molecule has 0 aliphatic heterocycles. The maximum atomic E-state index is 8.94. The highest BCUT2D eigenvalue weighted by atomic mass is 16.5. The summed E-state index contributed by atoms with van der Waals surface area (Å²) in [5.41, 5.74) is 9.70. The van der Waals surface area contributed by atoms with Gasteiger partial charge in [-0.25, -0.2) is 5.84 Å². The number of aryl methyl sites for hydroxylation is 3. The minimum Gasteiger partial charge on any atom is -0.489 e. The number of carbonyl (C=O) groups excluding carboxylic acids is 1. The van der Waals surface area contributed by atoms with Crippen LogP contribution in [-0.2, 0) is 11.4 Å². The Morgan fingerprint density at radius 3 is 2.41 bits per heavy atom. The predicted octanol–water partition coefficient (Wildman–Crippen LogP) is 3.90. The molecule has 0 aliphatic carbocycles. The van der Waals surface area contributed by atoms with Crippen LogP contribution < -0.4 is 21.3 Å². The summed E-state index contributed by atoms with van der Waals surface area (Å²) < 4.78 is 6.16. The zero-order valence-electron chi connectivity index (χ0n) is 17.3. The van der Waals surface area contributed by atoms with Crippen LogP contribution in [0, 0.1) is 20.8 Å². The molecular formula is C23H28N4O2. The van der Waals surface area contributed by atoms with Gasteiger partial charge in [0.15, 0.2) is 0 Å². The minimum absolute atomic E-state index is 0.403. The number of amides is 1. The molecule has 1 aromatic heterocycles. The molecule has 0 atom stereocenters. The third-order valence-corrected chi connectivity index (χ3v) is 4.58. The fourth-order valence-corrected chi connectivity index (χ4v) is 3.02. The van der Waals surface area contributed by atoms with Crippen LogP contribution in [-0.4, -0.2) is 18.4 Å². The van der Waals surface area contributed by atoms with E-state index in [0.29, 0.717) is 13.0 Å². The van der Waals surface area contributed by atoms with Crippen molar-refractivity contribution in [3.05, 3.63) is 77.0 Å². The molecule has 0 unspecified atom stereocenters. The van der Waals surface area contributed by atoms with E-state index < -0.39 is 0 Å². The molecule has 1 amide bonds. The van der Waals surface area contributed by atoms with Crippen molar-refractivity contribution in [3.8, 4) is 17.0 Å². The maximum Gasteiger partial charge on any atom is 0.221 e. The van der Waals surface area contributed by atoms with Crippen molar-refractivity contribution in [1.29, 1.82) is 0 Å². The molecule has 0 spiro atoms. The number of nitrogens with zero attached hydrogens (tertiary/aromatic N) is 1. The Morgan fingerprint density at radius 2 is 1.79 bits per heavy atom. The average Bonchev–Trinajstić information content (AvgIpc) is 2.75. The van der Waals surface area contributed by atoms with Crippen LogP contribution in [0.2, 0.25) is 0 Å². The third-order valence-electron chi connectivity index (χ3n) is 4.58. The van der Waals surface area contributed by atoms with Crippen molar-refractivity contribution >= 4 is 12.1 Å². The van der Waals surface area contributed by atoms with E-state index in [-0.39, 0.29) is 0 Å². The zero-order chi connectivity index (χ0) is 21.2. The van der Waals surface area contributed by atoms with Gasteiger partial charge in [0.05, 0.1) is 5.69 Å². The van der Waals surface area contributed by atoms with E-state index in [0.717, 1.165) is 33.8 Å². The van der Waals surface area contributed by atoms with Crippen molar-refractivity contribution in [2.45, 2.75) is 27.4 Å². The Kier molecular flexibility index (Phi) is 8.18. The van der Waals surface area contributed by atoms with E-state index in [1.54, 1.807) is 5.43 Å². The number of hydrogen-bond donors (Lipinski definition) is 3. The lowest BCUT2D eigenvalue weighted by molar-refractivity contribution is -0.109. The Labute approximate surface area is 172 Å². The van der Waals surface area contributed by atoms with E-state index in [1.807, 2.05) is 31.4 Å². The molecular weight excluding hydrogens is 364 g/mol. The molecule has 0 aliphatic rings. The molecule has 0 saturated heterocycles. The first-order chi connectivity index (χ1) is 14.0. The lowest BCUT2D eigenvalue weighted by atomic mass is 10.0. The van der Waals surface area contributed by atoms with Gasteiger partial charge in [-0.3, -0.25) is 15.2 Å². The van der Waals surface area contributed by atoms with Gasteiger partial charge >= 0.3 is 0 Å². The molecule has 0 radical (unpaired) electrons. The van der Waals surface area contributed by atoms with Crippen molar-refractivity contribution in [3.63, 3.8) is 0 Å². The van der Waals surface area contributed by atoms with Crippen LogP contribution in [0.5, 0.6) is 5.75 Å². The maximum absolute atomic E-state index is 8.94. The summed E-state index contributed by atoms with van der Waals surface area (Å²) in [7, 11) is 1.94. The SMILES string of the molecule is CNc1cccc(C)c1COc1cc(C)c(-c2ccccn2)cc1C.NNC=O. The van der Waals surface area contributed by atoms with E-state index in [1.165, 1.54) is 11.1 Å². The first-order valence-corrected chi connectivity index (χ1v) is 9.33. The molecule has 6 nitrogen and oxygen atoms in total. The van der Waals surface area contributed by atoms with Crippen LogP contribution in [0.25, 0.3) is 11.3 Å². The monoisotopic (exact) mass is 392 g/mol. The second-order valence-electron chi connectivity index (χ2n) is 6.57. The molecule has 3 aromatic rings. The summed E-state index contributed by atoms with van der Waals surface area (Å²) in [5.74, 6) is 5.33. The summed E-state index contributed by atoms with van der Waals surface area (Å²) in [6.07, 6.45) is 2.23. The molecule has 1 heterocycles. The summed E-state index contributed by atoms with van der Waals surface area (Å²) in [6.45, 7) is 6.84. The van der Waals surface area contributed by atoms with Gasteiger partial charge in [0.2, 0.25) is 6.41 Å². The number of pyridine rings is 1. The molecule has 4 N–H and O–H groups in total. The number of carbonyl (C=O) groups is 1. The lowest BCUT2D eigenvalue weighted by Gasteiger charge is -2.16. The summed E-state index contributed by atoms with van der Waals surface area (Å²) in [4.78, 5) is 13.4. The second kappa shape index (κ2) is 10.8. The van der Waals surface area contributed by atoms with Crippen molar-refractivity contribution in [1.82, 2.24) is 10.4 Å². The summed E-state index contributed by atoms with van der Waals surface area (Å²) >= 11 is 0. The van der Waals surface area contributed by atoms with Crippen molar-refractivity contribution in [2.75, 3.05) is 12.4 Å². The average molecular weight is 393 g/mol. The molecule has 6 heteroatoms. The smallest absolute Gasteiger partial charge is 0.221 e. The van der Waals surface area contributed by atoms with Gasteiger partial charge in [0.25, 0.3) is 0 Å². The number of ether oxygens (including phenoxy) is 1. The number of nitrogens with two attached hydrogens (primary N) is 1. The number of nitrogens with one attached hydrogen (secondary N) is 2. The Hall–Kier alpha value is -3.38. The molecule has 3 rings (SSSR count). The van der Waals surface area contributed by atoms with Gasteiger partial charge < -0.3 is 10.1 Å². The van der Waals surface area contributed by atoms with Crippen molar-refractivity contribution < 1.29 is 9.53 Å². The van der Waals surface area contributed by atoms with E-state index in [4.69, 9.17) is 9.53 Å². The van der Waals surface area contributed by atoms with Crippen molar-refractivity contribution in [2.24, 2.45) is 5.84 Å². The Balaban J connectivity index is 0.000000687. The fourth-order valence-electron chi connectivity index (χ4n) is 3.02. The Morgan fingerprint density at radius 1 is 1.03 bits per heavy atom. The zero-order valence-corrected chi connectivity index (χ0v) is 17.3. The van der Waals surface area contributed by atoms with Crippen LogP contribution in [0.3, 0.4) is 0 Å². The van der Waals surface area contributed by atoms with E-state index in [2.05, 4.69) is 67.2 Å². The number of benzene rings is 2. The lowest BCUT2D eigenvalue weighted by Crippen LogP contribution is -2.18. The number of hydrogen-bond acceptors (Lipinski definition) is 5. The predicted molar refractivity (Wildman–Crippen MR) is 118 cm³/mol. The number of rotatable bonds is 6. The van der Waals surface area contributed by atoms with Crippen LogP contribution in [0.4, 0.5) is 5.69 Å². The van der Waals surface area contributed by atoms with E-state index >= 15 is 0 Å². The Bertz CT molecular complexity index is 943. The molecule has 0 bridgehead atoms. The first kappa shape index (κ1) is 21.9. The molecule has 29 heavy (non-hydrogen) atoms. The highest BCUT2D eigenvalue weighted by Gasteiger charge is 2.10. The van der Waals surface area contributed by atoms with Gasteiger partial charge in [0.1, 0.15) is 12.4 Å². The summed E-state index contributed by atoms with van der Waals surface area (Å²) in [6, 6.07) is 16.5. The highest BCUT2D eigenvalue weighted by Crippen LogP contribution is 2.30. The van der Waals surface area contributed by atoms with Gasteiger partial charge in [-0.2, -0.15) is 0 Å². The number of hydrazine groups is 1. The summed E-state index contributed by atoms with van der Waals surface area (Å²) in [5, 5.41) is 3.24. The molecule has 0 saturated carbocycles. The second-order valence-corrected chi connectivity index (χ2v) is 6.57. The number of anilines is 1. The van der Waals surface area contributed by atoms with Crippen LogP contribution >= 0.6 is 0 Å². The van der Waals surface area contributed by atoms with Crippen LogP contribution in [0.1, 0.15) is 22.3 Å². The standard InChI is InChI=1S/C22H24N2O.CH4N2O/c1-15-8-7-10-20(23-4)19(15)14-25-22-13-16(2)18(12-17(22)3)21-9-5-6-11-24-21;2-3-1-4/h5-13,23H,14H2,1-4H3;1H,2H2,(H,3,4). The highest BCUT2D eigenvalue weighted by molar-refractivity contribution is 5.66. The molecule has 152 valence electrons. The van der Waals surface area contributed by atoms with Gasteiger partial charge in [-0.15, -0.1) is 0 Å². The fraction of sp³-hybridized carbons (Fsp3) is 0.217. The normalized spacial score (nSPS) is 9.83. The van der Waals surface area contributed by atoms with E-state index in [9.17, 15) is 0 Å². The quantitative estimate of drug-likeness (QED) is 0.256. The largest absolute Gasteiger partial charge is 0.489 e. The molecule has 0 fully saturated rings. The first-order valence-electron chi connectivity index (χ1n) is 9.33.